The fraction of sp³-hybridized carbons (Fsp3) is 0.531. The minimum absolute atomic E-state index is 0.108. The normalized spacial score (nSPS) is 12.8. The van der Waals surface area contributed by atoms with E-state index in [1.165, 1.54) is 0 Å². The molecule has 8 nitrogen and oxygen atoms in total. The summed E-state index contributed by atoms with van der Waals surface area (Å²) in [6, 6.07) is 12.3. The SMILES string of the molecule is CCCCCN(C(=O)C(Cc1ccc(O)cc1)NC(=O)OC(C)(C)C)C(C(=O)NCCCC)c1ccccc1C. The predicted molar refractivity (Wildman–Crippen MR) is 158 cm³/mol. The van der Waals surface area contributed by atoms with E-state index in [4.69, 9.17) is 4.74 Å². The van der Waals surface area contributed by atoms with Crippen LogP contribution in [0, 0.1) is 6.92 Å². The van der Waals surface area contributed by atoms with Crippen molar-refractivity contribution >= 4 is 17.9 Å². The summed E-state index contributed by atoms with van der Waals surface area (Å²) in [4.78, 5) is 42.6. The number of benzene rings is 2. The Morgan fingerprint density at radius 1 is 0.950 bits per heavy atom. The van der Waals surface area contributed by atoms with Gasteiger partial charge in [0, 0.05) is 19.5 Å². The number of ether oxygens (including phenoxy) is 1. The van der Waals surface area contributed by atoms with Crippen molar-refractivity contribution in [3.63, 3.8) is 0 Å². The van der Waals surface area contributed by atoms with Gasteiger partial charge in [0.1, 0.15) is 23.4 Å². The second-order valence-electron chi connectivity index (χ2n) is 11.2. The monoisotopic (exact) mass is 553 g/mol. The van der Waals surface area contributed by atoms with Gasteiger partial charge in [0.2, 0.25) is 11.8 Å². The first-order valence-corrected chi connectivity index (χ1v) is 14.4. The van der Waals surface area contributed by atoms with Crippen molar-refractivity contribution in [2.45, 2.75) is 97.8 Å². The van der Waals surface area contributed by atoms with Gasteiger partial charge in [-0.3, -0.25) is 9.59 Å². The molecule has 0 fully saturated rings. The molecule has 0 saturated heterocycles. The van der Waals surface area contributed by atoms with Crippen molar-refractivity contribution in [1.82, 2.24) is 15.5 Å². The van der Waals surface area contributed by atoms with E-state index in [2.05, 4.69) is 24.5 Å². The van der Waals surface area contributed by atoms with Crippen LogP contribution in [-0.4, -0.2) is 52.6 Å². The molecular formula is C32H47N3O5. The smallest absolute Gasteiger partial charge is 0.408 e. The average molecular weight is 554 g/mol. The Kier molecular flexibility index (Phi) is 13.0. The first-order valence-electron chi connectivity index (χ1n) is 14.4. The lowest BCUT2D eigenvalue weighted by atomic mass is 9.96. The highest BCUT2D eigenvalue weighted by molar-refractivity contribution is 5.92. The second-order valence-corrected chi connectivity index (χ2v) is 11.2. The van der Waals surface area contributed by atoms with Crippen molar-refractivity contribution in [3.05, 3.63) is 65.2 Å². The molecule has 8 heteroatoms. The Labute approximate surface area is 239 Å². The number of carbonyl (C=O) groups is 3. The van der Waals surface area contributed by atoms with Gasteiger partial charge in [-0.25, -0.2) is 4.79 Å². The molecule has 2 aromatic rings. The van der Waals surface area contributed by atoms with Gasteiger partial charge in [0.15, 0.2) is 0 Å². The number of nitrogens with zero attached hydrogens (tertiary/aromatic N) is 1. The number of aryl methyl sites for hydroxylation is 1. The van der Waals surface area contributed by atoms with E-state index < -0.39 is 23.8 Å². The molecule has 0 aliphatic rings. The number of phenolic OH excluding ortho intramolecular Hbond substituents is 1. The highest BCUT2D eigenvalue weighted by Gasteiger charge is 2.36. The molecule has 0 saturated carbocycles. The minimum Gasteiger partial charge on any atom is -0.508 e. The standard InChI is InChI=1S/C32H47N3O5/c1-7-9-13-21-35(28(29(37)33-20-10-8-2)26-15-12-11-14-23(26)3)30(38)27(34-31(39)40-32(4,5)6)22-24-16-18-25(36)19-17-24/h11-12,14-19,27-28,36H,7-10,13,20-22H2,1-6H3,(H,33,37)(H,34,39). The molecule has 0 spiro atoms. The minimum atomic E-state index is -0.990. The van der Waals surface area contributed by atoms with Crippen molar-refractivity contribution in [2.24, 2.45) is 0 Å². The van der Waals surface area contributed by atoms with E-state index >= 15 is 0 Å². The van der Waals surface area contributed by atoms with Gasteiger partial charge in [-0.15, -0.1) is 0 Å². The Bertz CT molecular complexity index is 1090. The molecule has 2 atom stereocenters. The number of carbonyl (C=O) groups excluding carboxylic acids is 3. The third-order valence-electron chi connectivity index (χ3n) is 6.52. The third-order valence-corrected chi connectivity index (χ3v) is 6.52. The number of amides is 3. The van der Waals surface area contributed by atoms with Gasteiger partial charge in [-0.2, -0.15) is 0 Å². The Balaban J connectivity index is 2.54. The molecule has 0 aliphatic heterocycles. The molecule has 0 aromatic heterocycles. The van der Waals surface area contributed by atoms with Gasteiger partial charge in [-0.05, 0) is 69.4 Å². The van der Waals surface area contributed by atoms with Gasteiger partial charge >= 0.3 is 6.09 Å². The summed E-state index contributed by atoms with van der Waals surface area (Å²) in [6.45, 7) is 12.2. The van der Waals surface area contributed by atoms with Gasteiger partial charge in [0.25, 0.3) is 0 Å². The van der Waals surface area contributed by atoms with Gasteiger partial charge < -0.3 is 25.4 Å². The Morgan fingerprint density at radius 2 is 1.60 bits per heavy atom. The lowest BCUT2D eigenvalue weighted by Crippen LogP contribution is -2.54. The molecule has 3 amide bonds. The van der Waals surface area contributed by atoms with Gasteiger partial charge in [-0.1, -0.05) is 69.5 Å². The van der Waals surface area contributed by atoms with Crippen LogP contribution in [-0.2, 0) is 20.7 Å². The number of alkyl carbamates (subject to hydrolysis) is 1. The summed E-state index contributed by atoms with van der Waals surface area (Å²) >= 11 is 0. The van der Waals surface area contributed by atoms with Crippen LogP contribution in [0.1, 0.15) is 89.5 Å². The maximum absolute atomic E-state index is 14.4. The quantitative estimate of drug-likeness (QED) is 0.256. The van der Waals surface area contributed by atoms with Crippen LogP contribution in [0.25, 0.3) is 0 Å². The summed E-state index contributed by atoms with van der Waals surface area (Å²) in [5.74, 6) is -0.501. The highest BCUT2D eigenvalue weighted by Crippen LogP contribution is 2.27. The zero-order chi connectivity index (χ0) is 29.7. The fourth-order valence-electron chi connectivity index (χ4n) is 4.45. The van der Waals surface area contributed by atoms with Crippen molar-refractivity contribution < 1.29 is 24.2 Å². The van der Waals surface area contributed by atoms with Crippen LogP contribution < -0.4 is 10.6 Å². The number of unbranched alkanes of at least 4 members (excludes halogenated alkanes) is 3. The van der Waals surface area contributed by atoms with Crippen molar-refractivity contribution in [3.8, 4) is 5.75 Å². The van der Waals surface area contributed by atoms with Crippen LogP contribution in [0.2, 0.25) is 0 Å². The molecule has 0 aliphatic carbocycles. The summed E-state index contributed by atoms with van der Waals surface area (Å²) in [5.41, 5.74) is 1.66. The van der Waals surface area contributed by atoms with Crippen LogP contribution in [0.5, 0.6) is 5.75 Å². The first-order chi connectivity index (χ1) is 19.0. The molecule has 3 N–H and O–H groups in total. The molecule has 2 aromatic carbocycles. The maximum Gasteiger partial charge on any atom is 0.408 e. The number of rotatable bonds is 14. The molecular weight excluding hydrogens is 506 g/mol. The van der Waals surface area contributed by atoms with E-state index in [9.17, 15) is 19.5 Å². The van der Waals surface area contributed by atoms with E-state index in [0.29, 0.717) is 19.5 Å². The molecule has 2 rings (SSSR count). The molecule has 0 radical (unpaired) electrons. The van der Waals surface area contributed by atoms with Crippen LogP contribution in [0.4, 0.5) is 4.79 Å². The second kappa shape index (κ2) is 15.9. The van der Waals surface area contributed by atoms with E-state index in [1.54, 1.807) is 49.9 Å². The molecule has 40 heavy (non-hydrogen) atoms. The molecule has 0 heterocycles. The number of aromatic hydroxyl groups is 1. The third kappa shape index (κ3) is 10.5. The first kappa shape index (κ1) is 32.7. The largest absolute Gasteiger partial charge is 0.508 e. The lowest BCUT2D eigenvalue weighted by molar-refractivity contribution is -0.142. The zero-order valence-electron chi connectivity index (χ0n) is 25.0. The summed E-state index contributed by atoms with van der Waals surface area (Å²) in [6.07, 6.45) is 3.78. The van der Waals surface area contributed by atoms with Crippen molar-refractivity contribution in [2.75, 3.05) is 13.1 Å². The maximum atomic E-state index is 14.4. The molecule has 220 valence electrons. The molecule has 2 unspecified atom stereocenters. The highest BCUT2D eigenvalue weighted by atomic mass is 16.6. The predicted octanol–water partition coefficient (Wildman–Crippen LogP) is 5.81. The van der Waals surface area contributed by atoms with E-state index in [0.717, 1.165) is 42.4 Å². The van der Waals surface area contributed by atoms with Crippen LogP contribution in [0.3, 0.4) is 0 Å². The van der Waals surface area contributed by atoms with Crippen LogP contribution >= 0.6 is 0 Å². The van der Waals surface area contributed by atoms with E-state index in [-0.39, 0.29) is 24.0 Å². The van der Waals surface area contributed by atoms with Gasteiger partial charge in [0.05, 0.1) is 0 Å². The molecule has 0 bridgehead atoms. The summed E-state index contributed by atoms with van der Waals surface area (Å²) in [7, 11) is 0. The Morgan fingerprint density at radius 3 is 2.20 bits per heavy atom. The zero-order valence-corrected chi connectivity index (χ0v) is 25.0. The summed E-state index contributed by atoms with van der Waals surface area (Å²) < 4.78 is 5.49. The topological polar surface area (TPSA) is 108 Å². The Hall–Kier alpha value is -3.55. The average Bonchev–Trinajstić information content (AvgIpc) is 2.88. The number of hydrogen-bond donors (Lipinski definition) is 3. The number of hydrogen-bond acceptors (Lipinski definition) is 5. The van der Waals surface area contributed by atoms with E-state index in [1.807, 2.05) is 31.2 Å². The van der Waals surface area contributed by atoms with Crippen LogP contribution in [0.15, 0.2) is 48.5 Å². The van der Waals surface area contributed by atoms with Crippen molar-refractivity contribution in [1.29, 1.82) is 0 Å². The summed E-state index contributed by atoms with van der Waals surface area (Å²) in [5, 5.41) is 15.5. The number of phenols is 1. The lowest BCUT2D eigenvalue weighted by Gasteiger charge is -2.35. The fourth-order valence-corrected chi connectivity index (χ4v) is 4.45. The number of nitrogens with one attached hydrogen (secondary N) is 2.